The highest BCUT2D eigenvalue weighted by atomic mass is 79.9. The lowest BCUT2D eigenvalue weighted by Gasteiger charge is -2.07. The standard InChI is InChI=1S/C10H13BrN2O2/c11-8-5-7(3-4-12)1-2-9(8)15-6-10(13)14/h1-2,5H,3-4,6,12H2,(H2,13,14). The molecule has 0 bridgehead atoms. The second-order valence-corrected chi connectivity index (χ2v) is 3.91. The third-order valence-corrected chi connectivity index (χ3v) is 2.42. The lowest BCUT2D eigenvalue weighted by atomic mass is 10.1. The Bertz CT molecular complexity index is 355. The zero-order valence-electron chi connectivity index (χ0n) is 8.20. The Morgan fingerprint density at radius 3 is 2.73 bits per heavy atom. The van der Waals surface area contributed by atoms with Crippen molar-refractivity contribution in [1.82, 2.24) is 0 Å². The maximum Gasteiger partial charge on any atom is 0.255 e. The predicted molar refractivity (Wildman–Crippen MR) is 61.6 cm³/mol. The van der Waals surface area contributed by atoms with Crippen molar-refractivity contribution in [2.45, 2.75) is 6.42 Å². The number of hydrogen-bond acceptors (Lipinski definition) is 3. The van der Waals surface area contributed by atoms with Crippen molar-refractivity contribution in [2.24, 2.45) is 11.5 Å². The second-order valence-electron chi connectivity index (χ2n) is 3.06. The summed E-state index contributed by atoms with van der Waals surface area (Å²) in [7, 11) is 0. The number of carbonyl (C=O) groups is 1. The average Bonchev–Trinajstić information content (AvgIpc) is 2.17. The van der Waals surface area contributed by atoms with Gasteiger partial charge in [0, 0.05) is 0 Å². The fraction of sp³-hybridized carbons (Fsp3) is 0.300. The molecule has 15 heavy (non-hydrogen) atoms. The Hall–Kier alpha value is -1.07. The van der Waals surface area contributed by atoms with Gasteiger partial charge in [0.2, 0.25) is 0 Å². The highest BCUT2D eigenvalue weighted by Gasteiger charge is 2.03. The van der Waals surface area contributed by atoms with Crippen LogP contribution < -0.4 is 16.2 Å². The van der Waals surface area contributed by atoms with E-state index in [0.29, 0.717) is 12.3 Å². The number of amides is 1. The van der Waals surface area contributed by atoms with Crippen LogP contribution in [0.2, 0.25) is 0 Å². The summed E-state index contributed by atoms with van der Waals surface area (Å²) in [5.74, 6) is 0.113. The molecule has 0 aliphatic carbocycles. The largest absolute Gasteiger partial charge is 0.483 e. The molecule has 0 aliphatic heterocycles. The minimum atomic E-state index is -0.493. The van der Waals surface area contributed by atoms with E-state index >= 15 is 0 Å². The van der Waals surface area contributed by atoms with Gasteiger partial charge in [-0.05, 0) is 46.6 Å². The molecule has 0 saturated carbocycles. The molecule has 0 aliphatic rings. The number of benzene rings is 1. The molecule has 82 valence electrons. The van der Waals surface area contributed by atoms with E-state index in [9.17, 15) is 4.79 Å². The Kier molecular flexibility index (Phi) is 4.58. The lowest BCUT2D eigenvalue weighted by Crippen LogP contribution is -2.20. The Morgan fingerprint density at radius 2 is 2.20 bits per heavy atom. The lowest BCUT2D eigenvalue weighted by molar-refractivity contribution is -0.119. The summed E-state index contributed by atoms with van der Waals surface area (Å²) < 4.78 is 5.98. The molecule has 4 nitrogen and oxygen atoms in total. The van der Waals surface area contributed by atoms with Crippen LogP contribution in [0.15, 0.2) is 22.7 Å². The normalized spacial score (nSPS) is 10.0. The molecule has 0 saturated heterocycles. The Balaban J connectivity index is 2.70. The first-order chi connectivity index (χ1) is 7.13. The highest BCUT2D eigenvalue weighted by Crippen LogP contribution is 2.25. The monoisotopic (exact) mass is 272 g/mol. The van der Waals surface area contributed by atoms with Gasteiger partial charge in [0.1, 0.15) is 5.75 Å². The zero-order chi connectivity index (χ0) is 11.3. The van der Waals surface area contributed by atoms with E-state index in [-0.39, 0.29) is 6.61 Å². The van der Waals surface area contributed by atoms with E-state index in [1.807, 2.05) is 12.1 Å². The molecule has 0 unspecified atom stereocenters. The Labute approximate surface area is 96.7 Å². The maximum atomic E-state index is 10.5. The molecule has 1 amide bonds. The van der Waals surface area contributed by atoms with Crippen LogP contribution in [0.3, 0.4) is 0 Å². The first-order valence-electron chi connectivity index (χ1n) is 4.53. The minimum absolute atomic E-state index is 0.116. The molecule has 0 fully saturated rings. The van der Waals surface area contributed by atoms with Crippen molar-refractivity contribution < 1.29 is 9.53 Å². The number of carbonyl (C=O) groups excluding carboxylic acids is 1. The molecule has 0 radical (unpaired) electrons. The number of halogens is 1. The molecule has 4 N–H and O–H groups in total. The smallest absolute Gasteiger partial charge is 0.255 e. The fourth-order valence-electron chi connectivity index (χ4n) is 1.13. The summed E-state index contributed by atoms with van der Waals surface area (Å²) >= 11 is 3.35. The summed E-state index contributed by atoms with van der Waals surface area (Å²) in [5, 5.41) is 0. The van der Waals surface area contributed by atoms with Gasteiger partial charge in [-0.25, -0.2) is 0 Å². The summed E-state index contributed by atoms with van der Waals surface area (Å²) in [6.07, 6.45) is 0.814. The van der Waals surface area contributed by atoms with Gasteiger partial charge in [-0.1, -0.05) is 6.07 Å². The molecule has 0 atom stereocenters. The van der Waals surface area contributed by atoms with E-state index in [0.717, 1.165) is 16.5 Å². The molecule has 0 spiro atoms. The van der Waals surface area contributed by atoms with Crippen LogP contribution in [0.1, 0.15) is 5.56 Å². The number of hydrogen-bond donors (Lipinski definition) is 2. The molecule has 1 aromatic carbocycles. The summed E-state index contributed by atoms with van der Waals surface area (Å²) in [6, 6.07) is 5.62. The van der Waals surface area contributed by atoms with Gasteiger partial charge in [-0.15, -0.1) is 0 Å². The molecule has 1 aromatic rings. The van der Waals surface area contributed by atoms with Crippen LogP contribution in [0.25, 0.3) is 0 Å². The van der Waals surface area contributed by atoms with Gasteiger partial charge < -0.3 is 16.2 Å². The summed E-state index contributed by atoms with van der Waals surface area (Å²) in [6.45, 7) is 0.489. The van der Waals surface area contributed by atoms with Crippen LogP contribution in [-0.4, -0.2) is 19.1 Å². The van der Waals surface area contributed by atoms with Crippen LogP contribution >= 0.6 is 15.9 Å². The van der Waals surface area contributed by atoms with Gasteiger partial charge in [0.25, 0.3) is 5.91 Å². The first kappa shape index (κ1) is 12.0. The van der Waals surface area contributed by atoms with Crippen LogP contribution in [0, 0.1) is 0 Å². The van der Waals surface area contributed by atoms with Crippen LogP contribution in [0.5, 0.6) is 5.75 Å². The fourth-order valence-corrected chi connectivity index (χ4v) is 1.67. The van der Waals surface area contributed by atoms with Gasteiger partial charge >= 0.3 is 0 Å². The number of ether oxygens (including phenoxy) is 1. The Morgan fingerprint density at radius 1 is 1.47 bits per heavy atom. The maximum absolute atomic E-state index is 10.5. The quantitative estimate of drug-likeness (QED) is 0.833. The van der Waals surface area contributed by atoms with Gasteiger partial charge in [0.05, 0.1) is 4.47 Å². The van der Waals surface area contributed by atoms with E-state index in [2.05, 4.69) is 15.9 Å². The molecule has 5 heteroatoms. The van der Waals surface area contributed by atoms with E-state index in [1.54, 1.807) is 6.07 Å². The first-order valence-corrected chi connectivity index (χ1v) is 5.32. The van der Waals surface area contributed by atoms with Gasteiger partial charge in [0.15, 0.2) is 6.61 Å². The van der Waals surface area contributed by atoms with Crippen molar-refractivity contribution in [3.05, 3.63) is 28.2 Å². The molecular weight excluding hydrogens is 260 g/mol. The summed E-state index contributed by atoms with van der Waals surface area (Å²) in [4.78, 5) is 10.5. The van der Waals surface area contributed by atoms with E-state index in [1.165, 1.54) is 0 Å². The van der Waals surface area contributed by atoms with Crippen molar-refractivity contribution in [3.8, 4) is 5.75 Å². The predicted octanol–water partition coefficient (Wildman–Crippen LogP) is 0.814. The van der Waals surface area contributed by atoms with E-state index in [4.69, 9.17) is 16.2 Å². The van der Waals surface area contributed by atoms with E-state index < -0.39 is 5.91 Å². The van der Waals surface area contributed by atoms with Crippen LogP contribution in [0.4, 0.5) is 0 Å². The third-order valence-electron chi connectivity index (χ3n) is 1.80. The molecule has 0 heterocycles. The number of rotatable bonds is 5. The topological polar surface area (TPSA) is 78.3 Å². The van der Waals surface area contributed by atoms with Crippen molar-refractivity contribution >= 4 is 21.8 Å². The number of primary amides is 1. The van der Waals surface area contributed by atoms with Crippen molar-refractivity contribution in [3.63, 3.8) is 0 Å². The third kappa shape index (κ3) is 3.89. The highest BCUT2D eigenvalue weighted by molar-refractivity contribution is 9.10. The summed E-state index contributed by atoms with van der Waals surface area (Å²) in [5.41, 5.74) is 11.5. The van der Waals surface area contributed by atoms with Crippen molar-refractivity contribution in [2.75, 3.05) is 13.2 Å². The molecule has 1 rings (SSSR count). The zero-order valence-corrected chi connectivity index (χ0v) is 9.79. The van der Waals surface area contributed by atoms with Crippen molar-refractivity contribution in [1.29, 1.82) is 0 Å². The van der Waals surface area contributed by atoms with Gasteiger partial charge in [-0.3, -0.25) is 4.79 Å². The molecular formula is C10H13BrN2O2. The van der Waals surface area contributed by atoms with Crippen LogP contribution in [-0.2, 0) is 11.2 Å². The SMILES string of the molecule is NCCc1ccc(OCC(N)=O)c(Br)c1. The number of nitrogens with two attached hydrogens (primary N) is 2. The minimum Gasteiger partial charge on any atom is -0.483 e. The second kappa shape index (κ2) is 5.72. The average molecular weight is 273 g/mol. The van der Waals surface area contributed by atoms with Gasteiger partial charge in [-0.2, -0.15) is 0 Å². The molecule has 0 aromatic heterocycles.